The van der Waals surface area contributed by atoms with Crippen LogP contribution in [0, 0.1) is 0 Å². The Morgan fingerprint density at radius 1 is 1.18 bits per heavy atom. The monoisotopic (exact) mass is 404 g/mol. The highest BCUT2D eigenvalue weighted by Crippen LogP contribution is 2.29. The van der Waals surface area contributed by atoms with Gasteiger partial charge in [0.15, 0.2) is 5.13 Å². The summed E-state index contributed by atoms with van der Waals surface area (Å²) in [7, 11) is 3.09. The van der Waals surface area contributed by atoms with E-state index in [9.17, 15) is 9.59 Å². The van der Waals surface area contributed by atoms with E-state index in [4.69, 9.17) is 9.47 Å². The van der Waals surface area contributed by atoms with Crippen LogP contribution >= 0.6 is 11.3 Å². The number of ether oxygens (including phenoxy) is 2. The molecule has 1 saturated carbocycles. The zero-order valence-corrected chi connectivity index (χ0v) is 16.7. The van der Waals surface area contributed by atoms with Crippen molar-refractivity contribution in [2.45, 2.75) is 38.1 Å². The molecular formula is C19H24N4O4S. The molecule has 9 heteroatoms. The number of nitrogens with one attached hydrogen (secondary N) is 3. The fourth-order valence-corrected chi connectivity index (χ4v) is 3.80. The first-order valence-corrected chi connectivity index (χ1v) is 9.99. The van der Waals surface area contributed by atoms with Gasteiger partial charge in [-0.3, -0.25) is 10.1 Å². The Morgan fingerprint density at radius 2 is 1.96 bits per heavy atom. The number of urea groups is 1. The number of carbonyl (C=O) groups excluding carboxylic acids is 2. The zero-order chi connectivity index (χ0) is 19.9. The van der Waals surface area contributed by atoms with Crippen LogP contribution in [0.3, 0.4) is 0 Å². The van der Waals surface area contributed by atoms with Gasteiger partial charge in [-0.15, -0.1) is 11.3 Å². The van der Waals surface area contributed by atoms with Gasteiger partial charge in [0.2, 0.25) is 5.91 Å². The Labute approximate surface area is 167 Å². The minimum Gasteiger partial charge on any atom is -0.497 e. The van der Waals surface area contributed by atoms with Gasteiger partial charge in [-0.1, -0.05) is 12.8 Å². The summed E-state index contributed by atoms with van der Waals surface area (Å²) in [6.45, 7) is 0. The van der Waals surface area contributed by atoms with Crippen LogP contribution in [0.15, 0.2) is 23.6 Å². The second-order valence-corrected chi connectivity index (χ2v) is 7.37. The smallest absolute Gasteiger partial charge is 0.321 e. The molecule has 1 fully saturated rings. The van der Waals surface area contributed by atoms with Crippen molar-refractivity contribution in [3.63, 3.8) is 0 Å². The predicted molar refractivity (Wildman–Crippen MR) is 108 cm³/mol. The first-order valence-electron chi connectivity index (χ1n) is 9.11. The van der Waals surface area contributed by atoms with E-state index in [1.807, 2.05) is 0 Å². The van der Waals surface area contributed by atoms with E-state index in [2.05, 4.69) is 20.9 Å². The van der Waals surface area contributed by atoms with Gasteiger partial charge < -0.3 is 20.1 Å². The largest absolute Gasteiger partial charge is 0.497 e. The lowest BCUT2D eigenvalue weighted by atomic mass is 10.2. The molecule has 0 radical (unpaired) electrons. The first-order chi connectivity index (χ1) is 13.6. The molecule has 0 aliphatic heterocycles. The van der Waals surface area contributed by atoms with Crippen molar-refractivity contribution < 1.29 is 19.1 Å². The summed E-state index contributed by atoms with van der Waals surface area (Å²) in [4.78, 5) is 28.6. The Hall–Kier alpha value is -2.81. The van der Waals surface area contributed by atoms with Crippen LogP contribution in [-0.2, 0) is 11.2 Å². The molecule has 3 amide bonds. The molecule has 3 N–H and O–H groups in total. The summed E-state index contributed by atoms with van der Waals surface area (Å²) in [6, 6.07) is 5.15. The van der Waals surface area contributed by atoms with Crippen molar-refractivity contribution in [2.75, 3.05) is 24.9 Å². The maximum Gasteiger partial charge on any atom is 0.321 e. The third kappa shape index (κ3) is 5.35. The number of hydrogen-bond donors (Lipinski definition) is 3. The molecule has 2 aromatic rings. The van der Waals surface area contributed by atoms with E-state index in [-0.39, 0.29) is 24.4 Å². The molecule has 1 aromatic carbocycles. The fraction of sp³-hybridized carbons (Fsp3) is 0.421. The van der Waals surface area contributed by atoms with Gasteiger partial charge in [0.1, 0.15) is 11.5 Å². The van der Waals surface area contributed by atoms with E-state index in [0.29, 0.717) is 28.0 Å². The number of amides is 3. The summed E-state index contributed by atoms with van der Waals surface area (Å²) in [5.41, 5.74) is 1.14. The van der Waals surface area contributed by atoms with Gasteiger partial charge in [-0.05, 0) is 25.0 Å². The number of hydrogen-bond acceptors (Lipinski definition) is 6. The molecule has 0 spiro atoms. The zero-order valence-electron chi connectivity index (χ0n) is 15.9. The van der Waals surface area contributed by atoms with E-state index in [1.54, 1.807) is 30.7 Å². The summed E-state index contributed by atoms with van der Waals surface area (Å²) >= 11 is 1.29. The first kappa shape index (κ1) is 19.9. The molecule has 1 aliphatic carbocycles. The summed E-state index contributed by atoms with van der Waals surface area (Å²) in [6.07, 6.45) is 4.44. The maximum absolute atomic E-state index is 12.3. The summed E-state index contributed by atoms with van der Waals surface area (Å²) in [5.74, 6) is 0.925. The third-order valence-electron chi connectivity index (χ3n) is 4.49. The lowest BCUT2D eigenvalue weighted by Crippen LogP contribution is -2.36. The van der Waals surface area contributed by atoms with Crippen molar-refractivity contribution in [3.05, 3.63) is 29.3 Å². The quantitative estimate of drug-likeness (QED) is 0.656. The number of carbonyl (C=O) groups is 2. The van der Waals surface area contributed by atoms with Crippen LogP contribution in [0.4, 0.5) is 15.6 Å². The second-order valence-electron chi connectivity index (χ2n) is 6.52. The average molecular weight is 404 g/mol. The van der Waals surface area contributed by atoms with E-state index in [1.165, 1.54) is 18.4 Å². The molecule has 8 nitrogen and oxygen atoms in total. The van der Waals surface area contributed by atoms with Crippen LogP contribution in [-0.4, -0.2) is 37.2 Å². The van der Waals surface area contributed by atoms with Gasteiger partial charge in [-0.25, -0.2) is 9.78 Å². The minimum absolute atomic E-state index is 0.0948. The number of anilines is 2. The van der Waals surface area contributed by atoms with E-state index in [0.717, 1.165) is 25.7 Å². The summed E-state index contributed by atoms with van der Waals surface area (Å²) in [5, 5.41) is 10.7. The molecular weight excluding hydrogens is 380 g/mol. The lowest BCUT2D eigenvalue weighted by Gasteiger charge is -2.11. The van der Waals surface area contributed by atoms with Gasteiger partial charge in [0.05, 0.1) is 32.0 Å². The third-order valence-corrected chi connectivity index (χ3v) is 5.29. The van der Waals surface area contributed by atoms with Gasteiger partial charge >= 0.3 is 6.03 Å². The number of rotatable bonds is 7. The van der Waals surface area contributed by atoms with Crippen LogP contribution in [0.2, 0.25) is 0 Å². The predicted octanol–water partition coefficient (Wildman–Crippen LogP) is 3.41. The molecule has 28 heavy (non-hydrogen) atoms. The molecule has 3 rings (SSSR count). The number of nitrogens with zero attached hydrogens (tertiary/aromatic N) is 1. The molecule has 0 atom stereocenters. The standard InChI is InChI=1S/C19H24N4O4S/c1-26-14-7-8-15(16(10-14)27-2)22-17(24)9-13-11-28-19(21-13)23-18(25)20-12-5-3-4-6-12/h7-8,10-12H,3-6,9H2,1-2H3,(H,22,24)(H2,20,21,23,25). The van der Waals surface area contributed by atoms with Crippen molar-refractivity contribution in [2.24, 2.45) is 0 Å². The highest BCUT2D eigenvalue weighted by atomic mass is 32.1. The molecule has 0 unspecified atom stereocenters. The molecule has 1 aliphatic rings. The second kappa shape index (κ2) is 9.41. The number of benzene rings is 1. The van der Waals surface area contributed by atoms with Gasteiger partial charge in [0.25, 0.3) is 0 Å². The highest BCUT2D eigenvalue weighted by Gasteiger charge is 2.18. The lowest BCUT2D eigenvalue weighted by molar-refractivity contribution is -0.115. The van der Waals surface area contributed by atoms with E-state index >= 15 is 0 Å². The summed E-state index contributed by atoms with van der Waals surface area (Å²) < 4.78 is 10.4. The molecule has 0 bridgehead atoms. The van der Waals surface area contributed by atoms with E-state index < -0.39 is 0 Å². The van der Waals surface area contributed by atoms with Gasteiger partial charge in [0, 0.05) is 17.5 Å². The Bertz CT molecular complexity index is 833. The molecule has 1 aromatic heterocycles. The fourth-order valence-electron chi connectivity index (χ4n) is 3.10. The Kier molecular flexibility index (Phi) is 6.70. The number of thiazole rings is 1. The minimum atomic E-state index is -0.250. The molecule has 0 saturated heterocycles. The van der Waals surface area contributed by atoms with Crippen molar-refractivity contribution >= 4 is 34.1 Å². The van der Waals surface area contributed by atoms with Crippen molar-refractivity contribution in [3.8, 4) is 11.5 Å². The Balaban J connectivity index is 1.53. The normalized spacial score (nSPS) is 13.8. The topological polar surface area (TPSA) is 102 Å². The van der Waals surface area contributed by atoms with Crippen LogP contribution < -0.4 is 25.4 Å². The number of aromatic nitrogens is 1. The maximum atomic E-state index is 12.3. The SMILES string of the molecule is COc1ccc(NC(=O)Cc2csc(NC(=O)NC3CCCC3)n2)c(OC)c1. The highest BCUT2D eigenvalue weighted by molar-refractivity contribution is 7.13. The average Bonchev–Trinajstić information content (AvgIpc) is 3.34. The molecule has 150 valence electrons. The van der Waals surface area contributed by atoms with Gasteiger partial charge in [-0.2, -0.15) is 0 Å². The number of methoxy groups -OCH3 is 2. The van der Waals surface area contributed by atoms with Crippen molar-refractivity contribution in [1.82, 2.24) is 10.3 Å². The van der Waals surface area contributed by atoms with Crippen LogP contribution in [0.5, 0.6) is 11.5 Å². The van der Waals surface area contributed by atoms with Crippen LogP contribution in [0.1, 0.15) is 31.4 Å². The van der Waals surface area contributed by atoms with Crippen LogP contribution in [0.25, 0.3) is 0 Å². The van der Waals surface area contributed by atoms with Crippen molar-refractivity contribution in [1.29, 1.82) is 0 Å². The molecule has 1 heterocycles. The Morgan fingerprint density at radius 3 is 2.68 bits per heavy atom.